The van der Waals surface area contributed by atoms with Gasteiger partial charge in [-0.1, -0.05) is 19.1 Å². The first-order valence-corrected chi connectivity index (χ1v) is 11.3. The fourth-order valence-corrected chi connectivity index (χ4v) is 6.37. The fourth-order valence-electron chi connectivity index (χ4n) is 6.37. The summed E-state index contributed by atoms with van der Waals surface area (Å²) in [4.78, 5) is 12.2. The molecule has 4 saturated heterocycles. The smallest absolute Gasteiger partial charge is 0.201 e. The Morgan fingerprint density at radius 1 is 1.07 bits per heavy atom. The van der Waals surface area contributed by atoms with E-state index in [1.807, 2.05) is 19.1 Å². The lowest BCUT2D eigenvalue weighted by atomic mass is 9.57. The maximum atomic E-state index is 6.34. The predicted molar refractivity (Wildman–Crippen MR) is 108 cm³/mol. The molecule has 5 fully saturated rings. The van der Waals surface area contributed by atoms with Gasteiger partial charge in [0.15, 0.2) is 11.9 Å². The summed E-state index contributed by atoms with van der Waals surface area (Å²) in [5, 5.41) is 0. The molecule has 5 heteroatoms. The molecule has 29 heavy (non-hydrogen) atoms. The molecule has 160 valence electrons. The fraction of sp³-hybridized carbons (Fsp3) is 0.750. The van der Waals surface area contributed by atoms with Gasteiger partial charge >= 0.3 is 0 Å². The quantitative estimate of drug-likeness (QED) is 0.657. The van der Waals surface area contributed by atoms with E-state index in [0.29, 0.717) is 23.7 Å². The Bertz CT molecular complexity index is 720. The second kappa shape index (κ2) is 7.52. The van der Waals surface area contributed by atoms with Crippen LogP contribution in [0.3, 0.4) is 0 Å². The molecule has 4 heterocycles. The van der Waals surface area contributed by atoms with Gasteiger partial charge < -0.3 is 14.2 Å². The molecule has 0 amide bonds. The number of benzene rings is 1. The Morgan fingerprint density at radius 3 is 2.69 bits per heavy atom. The van der Waals surface area contributed by atoms with E-state index in [0.717, 1.165) is 44.5 Å². The van der Waals surface area contributed by atoms with E-state index in [1.165, 1.54) is 18.4 Å². The van der Waals surface area contributed by atoms with Crippen molar-refractivity contribution in [1.82, 2.24) is 0 Å². The van der Waals surface area contributed by atoms with E-state index >= 15 is 0 Å². The molecule has 0 unspecified atom stereocenters. The van der Waals surface area contributed by atoms with Crippen LogP contribution in [-0.4, -0.2) is 31.4 Å². The zero-order chi connectivity index (χ0) is 20.1. The second-order valence-electron chi connectivity index (χ2n) is 9.74. The lowest BCUT2D eigenvalue weighted by Crippen LogP contribution is -2.69. The highest BCUT2D eigenvalue weighted by atomic mass is 17.3. The largest absolute Gasteiger partial charge is 0.497 e. The van der Waals surface area contributed by atoms with Crippen molar-refractivity contribution >= 4 is 0 Å². The van der Waals surface area contributed by atoms with Crippen LogP contribution in [0.25, 0.3) is 0 Å². The van der Waals surface area contributed by atoms with Crippen molar-refractivity contribution in [3.05, 3.63) is 29.8 Å². The highest BCUT2D eigenvalue weighted by Gasteiger charge is 2.68. The zero-order valence-electron chi connectivity index (χ0n) is 17.9. The first-order chi connectivity index (χ1) is 14.0. The Morgan fingerprint density at radius 2 is 1.90 bits per heavy atom. The van der Waals surface area contributed by atoms with Crippen molar-refractivity contribution in [2.75, 3.05) is 13.7 Å². The highest BCUT2D eigenvalue weighted by Crippen LogP contribution is 2.60. The number of rotatable bonds is 5. The monoisotopic (exact) mass is 402 g/mol. The van der Waals surface area contributed by atoms with Crippen LogP contribution in [0.4, 0.5) is 0 Å². The van der Waals surface area contributed by atoms with Crippen molar-refractivity contribution in [1.29, 1.82) is 0 Å². The van der Waals surface area contributed by atoms with Gasteiger partial charge in [-0.25, -0.2) is 9.78 Å². The van der Waals surface area contributed by atoms with E-state index in [-0.39, 0.29) is 6.29 Å². The molecule has 0 N–H and O–H groups in total. The summed E-state index contributed by atoms with van der Waals surface area (Å²) in [5.74, 6) is 2.24. The predicted octanol–water partition coefficient (Wildman–Crippen LogP) is 4.88. The van der Waals surface area contributed by atoms with E-state index < -0.39 is 11.4 Å². The van der Waals surface area contributed by atoms with Gasteiger partial charge in [0.25, 0.3) is 0 Å². The minimum Gasteiger partial charge on any atom is -0.497 e. The summed E-state index contributed by atoms with van der Waals surface area (Å²) in [6.45, 7) is 5.12. The minimum atomic E-state index is -0.668. The third-order valence-electron chi connectivity index (χ3n) is 8.01. The average Bonchev–Trinajstić information content (AvgIpc) is 2.97. The first kappa shape index (κ1) is 19.8. The molecule has 1 aromatic rings. The summed E-state index contributed by atoms with van der Waals surface area (Å²) < 4.78 is 17.9. The molecule has 5 nitrogen and oxygen atoms in total. The molecule has 7 atom stereocenters. The Balaban J connectivity index is 1.30. The Hall–Kier alpha value is -1.14. The molecule has 6 rings (SSSR count). The summed E-state index contributed by atoms with van der Waals surface area (Å²) >= 11 is 0. The topological polar surface area (TPSA) is 46.2 Å². The van der Waals surface area contributed by atoms with E-state index in [9.17, 15) is 0 Å². The number of aryl methyl sites for hydroxylation is 1. The first-order valence-electron chi connectivity index (χ1n) is 11.3. The number of fused-ring (bicyclic) bond motifs is 2. The van der Waals surface area contributed by atoms with Crippen LogP contribution in [0.15, 0.2) is 24.3 Å². The SMILES string of the molecule is COc1ccc(CCC[C@H]2CO[C@@H]3O[C@@]4(C)CC[C@H]5[C@H](C)CC[C@@H]2[C@@]35OO4)cc1. The molecule has 2 bridgehead atoms. The van der Waals surface area contributed by atoms with E-state index in [1.54, 1.807) is 7.11 Å². The number of methoxy groups -OCH3 is 1. The second-order valence-corrected chi connectivity index (χ2v) is 9.74. The zero-order valence-corrected chi connectivity index (χ0v) is 17.9. The molecular formula is C24H34O5. The van der Waals surface area contributed by atoms with Gasteiger partial charge in [0.2, 0.25) is 5.79 Å². The molecular weight excluding hydrogens is 368 g/mol. The lowest BCUT2D eigenvalue weighted by molar-refractivity contribution is -0.567. The summed E-state index contributed by atoms with van der Waals surface area (Å²) in [5.41, 5.74) is 0.927. The number of hydrogen-bond acceptors (Lipinski definition) is 5. The van der Waals surface area contributed by atoms with Crippen LogP contribution < -0.4 is 4.74 Å². The van der Waals surface area contributed by atoms with E-state index in [4.69, 9.17) is 24.0 Å². The molecule has 4 aliphatic heterocycles. The standard InChI is InChI=1S/C24H34O5/c1-16-7-12-21-18(6-4-5-17-8-10-19(25-3)11-9-17)15-26-22-24(21)20(16)13-14-23(2,27-22)28-29-24/h8-11,16,18,20-22H,4-7,12-15H2,1-3H3/t16-,18+,20+,21+,22-,23-,24-/m1/s1. The van der Waals surface area contributed by atoms with Crippen molar-refractivity contribution in [3.63, 3.8) is 0 Å². The highest BCUT2D eigenvalue weighted by molar-refractivity contribution is 5.27. The van der Waals surface area contributed by atoms with Gasteiger partial charge in [-0.3, -0.25) is 0 Å². The van der Waals surface area contributed by atoms with Gasteiger partial charge in [-0.15, -0.1) is 0 Å². The third-order valence-corrected chi connectivity index (χ3v) is 8.01. The van der Waals surface area contributed by atoms with Crippen LogP contribution in [-0.2, 0) is 25.7 Å². The molecule has 1 spiro atoms. The Labute approximate surface area is 173 Å². The molecule has 1 aliphatic carbocycles. The summed E-state index contributed by atoms with van der Waals surface area (Å²) in [6.07, 6.45) is 7.48. The summed E-state index contributed by atoms with van der Waals surface area (Å²) in [7, 11) is 1.71. The lowest BCUT2D eigenvalue weighted by Gasteiger charge is -2.59. The van der Waals surface area contributed by atoms with Crippen molar-refractivity contribution < 1.29 is 24.0 Å². The van der Waals surface area contributed by atoms with Gasteiger partial charge in [0.1, 0.15) is 5.75 Å². The normalized spacial score (nSPS) is 43.5. The van der Waals surface area contributed by atoms with Crippen molar-refractivity contribution in [2.24, 2.45) is 23.7 Å². The maximum absolute atomic E-state index is 6.34. The van der Waals surface area contributed by atoms with Crippen molar-refractivity contribution in [2.45, 2.75) is 76.5 Å². The van der Waals surface area contributed by atoms with Crippen LogP contribution in [0.1, 0.15) is 57.9 Å². The average molecular weight is 403 g/mol. The van der Waals surface area contributed by atoms with Crippen LogP contribution in [0.5, 0.6) is 5.75 Å². The van der Waals surface area contributed by atoms with Crippen LogP contribution >= 0.6 is 0 Å². The van der Waals surface area contributed by atoms with Crippen LogP contribution in [0, 0.1) is 23.7 Å². The molecule has 0 radical (unpaired) electrons. The molecule has 1 aromatic carbocycles. The number of hydrogen-bond donors (Lipinski definition) is 0. The third kappa shape index (κ3) is 3.31. The van der Waals surface area contributed by atoms with Gasteiger partial charge in [0.05, 0.1) is 13.7 Å². The summed E-state index contributed by atoms with van der Waals surface area (Å²) in [6, 6.07) is 8.42. The molecule has 0 aromatic heterocycles. The van der Waals surface area contributed by atoms with Crippen molar-refractivity contribution in [3.8, 4) is 5.75 Å². The van der Waals surface area contributed by atoms with Gasteiger partial charge in [0, 0.05) is 12.3 Å². The maximum Gasteiger partial charge on any atom is 0.201 e. The van der Waals surface area contributed by atoms with Crippen LogP contribution in [0.2, 0.25) is 0 Å². The Kier molecular flexibility index (Phi) is 5.14. The van der Waals surface area contributed by atoms with E-state index in [2.05, 4.69) is 19.1 Å². The van der Waals surface area contributed by atoms with Gasteiger partial charge in [-0.2, -0.15) is 0 Å². The molecule has 1 saturated carbocycles. The molecule has 5 aliphatic rings. The van der Waals surface area contributed by atoms with Gasteiger partial charge in [-0.05, 0) is 80.9 Å². The number of ether oxygens (including phenoxy) is 3. The minimum absolute atomic E-state index is 0.292.